The molecule has 7 heteroatoms. The molecule has 0 aromatic heterocycles. The second-order valence-corrected chi connectivity index (χ2v) is 5.39. The van der Waals surface area contributed by atoms with Gasteiger partial charge >= 0.3 is 5.97 Å². The predicted molar refractivity (Wildman–Crippen MR) is 90.3 cm³/mol. The van der Waals surface area contributed by atoms with Gasteiger partial charge in [-0.1, -0.05) is 30.3 Å². The van der Waals surface area contributed by atoms with Crippen molar-refractivity contribution >= 4 is 17.6 Å². The molecule has 1 heterocycles. The molecular formula is C19H16FNO5. The molecule has 2 aromatic rings. The summed E-state index contributed by atoms with van der Waals surface area (Å²) < 4.78 is 28.6. The Labute approximate surface area is 149 Å². The lowest BCUT2D eigenvalue weighted by Gasteiger charge is -2.20. The molecule has 1 aliphatic rings. The molecule has 2 aromatic carbocycles. The first-order valence-electron chi connectivity index (χ1n) is 7.90. The highest BCUT2D eigenvalue weighted by Crippen LogP contribution is 2.22. The highest BCUT2D eigenvalue weighted by atomic mass is 19.1. The van der Waals surface area contributed by atoms with Crippen LogP contribution in [0.15, 0.2) is 66.6 Å². The minimum Gasteiger partial charge on any atom is -0.493 e. The fourth-order valence-corrected chi connectivity index (χ4v) is 2.28. The van der Waals surface area contributed by atoms with E-state index in [0.29, 0.717) is 17.9 Å². The van der Waals surface area contributed by atoms with Gasteiger partial charge < -0.3 is 19.5 Å². The van der Waals surface area contributed by atoms with E-state index in [1.165, 1.54) is 24.3 Å². The van der Waals surface area contributed by atoms with Crippen molar-refractivity contribution in [1.82, 2.24) is 0 Å². The van der Waals surface area contributed by atoms with E-state index in [9.17, 15) is 14.0 Å². The number of rotatable bonds is 5. The molecular weight excluding hydrogens is 341 g/mol. The first-order chi connectivity index (χ1) is 12.6. The van der Waals surface area contributed by atoms with Crippen LogP contribution in [0.4, 0.5) is 10.1 Å². The van der Waals surface area contributed by atoms with Crippen molar-refractivity contribution in [3.8, 4) is 0 Å². The molecule has 26 heavy (non-hydrogen) atoms. The van der Waals surface area contributed by atoms with Gasteiger partial charge in [0.1, 0.15) is 25.3 Å². The lowest BCUT2D eigenvalue weighted by atomic mass is 10.1. The third-order valence-corrected chi connectivity index (χ3v) is 3.53. The summed E-state index contributed by atoms with van der Waals surface area (Å²) in [5, 5.41) is 2.60. The van der Waals surface area contributed by atoms with Crippen LogP contribution < -0.4 is 5.32 Å². The average molecular weight is 357 g/mol. The molecule has 6 nitrogen and oxygen atoms in total. The number of hydrogen-bond acceptors (Lipinski definition) is 5. The third kappa shape index (κ3) is 4.38. The van der Waals surface area contributed by atoms with Crippen molar-refractivity contribution in [2.75, 3.05) is 18.5 Å². The number of hydrogen-bond donors (Lipinski definition) is 1. The summed E-state index contributed by atoms with van der Waals surface area (Å²) in [4.78, 5) is 24.9. The van der Waals surface area contributed by atoms with E-state index in [4.69, 9.17) is 14.2 Å². The molecule has 134 valence electrons. The van der Waals surface area contributed by atoms with Gasteiger partial charge in [-0.05, 0) is 24.3 Å². The van der Waals surface area contributed by atoms with Crippen molar-refractivity contribution in [2.45, 2.75) is 6.10 Å². The molecule has 0 bridgehead atoms. The lowest BCUT2D eigenvalue weighted by Crippen LogP contribution is -2.27. The highest BCUT2D eigenvalue weighted by molar-refractivity contribution is 5.97. The Bertz CT molecular complexity index is 804. The van der Waals surface area contributed by atoms with Crippen LogP contribution in [0.2, 0.25) is 0 Å². The number of amides is 1. The molecule has 1 atom stereocenters. The van der Waals surface area contributed by atoms with Crippen LogP contribution in [0.3, 0.4) is 0 Å². The second-order valence-electron chi connectivity index (χ2n) is 5.39. The molecule has 1 unspecified atom stereocenters. The van der Waals surface area contributed by atoms with Crippen LogP contribution in [0, 0.1) is 5.82 Å². The van der Waals surface area contributed by atoms with Crippen LogP contribution in [0.1, 0.15) is 11.7 Å². The smallest absolute Gasteiger partial charge is 0.378 e. The largest absolute Gasteiger partial charge is 0.493 e. The lowest BCUT2D eigenvalue weighted by molar-refractivity contribution is -0.155. The fraction of sp³-hybridized carbons (Fsp3) is 0.158. The van der Waals surface area contributed by atoms with E-state index in [1.54, 1.807) is 30.3 Å². The zero-order chi connectivity index (χ0) is 18.4. The van der Waals surface area contributed by atoms with Crippen molar-refractivity contribution < 1.29 is 28.2 Å². The first kappa shape index (κ1) is 17.5. The van der Waals surface area contributed by atoms with E-state index in [1.807, 2.05) is 0 Å². The maximum Gasteiger partial charge on any atom is 0.378 e. The number of anilines is 1. The van der Waals surface area contributed by atoms with Gasteiger partial charge in [-0.25, -0.2) is 9.18 Å². The van der Waals surface area contributed by atoms with Crippen LogP contribution in [-0.2, 0) is 23.8 Å². The summed E-state index contributed by atoms with van der Waals surface area (Å²) in [5.41, 5.74) is 0.864. The summed E-state index contributed by atoms with van der Waals surface area (Å²) in [7, 11) is 0. The Morgan fingerprint density at radius 3 is 2.42 bits per heavy atom. The minimum atomic E-state index is -1.21. The number of carbonyl (C=O) groups excluding carboxylic acids is 2. The van der Waals surface area contributed by atoms with Gasteiger partial charge in [-0.15, -0.1) is 0 Å². The summed E-state index contributed by atoms with van der Waals surface area (Å²) in [6.07, 6.45) is -0.0497. The monoisotopic (exact) mass is 357 g/mol. The number of nitrogens with one attached hydrogen (secondary N) is 1. The standard InChI is InChI=1S/C19H16FNO5/c20-14-6-8-15(9-7-14)21-18(22)17(13-4-2-1-3-5-13)26-19(23)16-12-24-10-11-25-16/h1-9,12,17H,10-11H2,(H,21,22). The van der Waals surface area contributed by atoms with Gasteiger partial charge in [0.05, 0.1) is 0 Å². The van der Waals surface area contributed by atoms with Crippen molar-refractivity contribution in [3.63, 3.8) is 0 Å². The Balaban J connectivity index is 1.78. The number of ether oxygens (including phenoxy) is 3. The van der Waals surface area contributed by atoms with Gasteiger partial charge in [-0.2, -0.15) is 0 Å². The number of esters is 1. The van der Waals surface area contributed by atoms with E-state index in [0.717, 1.165) is 6.26 Å². The van der Waals surface area contributed by atoms with Crippen LogP contribution >= 0.6 is 0 Å². The summed E-state index contributed by atoms with van der Waals surface area (Å²) in [6.45, 7) is 0.558. The van der Waals surface area contributed by atoms with Gasteiger partial charge in [-0.3, -0.25) is 4.79 Å². The van der Waals surface area contributed by atoms with Crippen LogP contribution in [-0.4, -0.2) is 25.1 Å². The zero-order valence-corrected chi connectivity index (χ0v) is 13.7. The summed E-state index contributed by atoms with van der Waals surface area (Å²) in [6, 6.07) is 13.8. The molecule has 0 radical (unpaired) electrons. The Morgan fingerprint density at radius 1 is 1.04 bits per heavy atom. The fourth-order valence-electron chi connectivity index (χ4n) is 2.28. The summed E-state index contributed by atoms with van der Waals surface area (Å²) >= 11 is 0. The molecule has 1 aliphatic heterocycles. The summed E-state index contributed by atoms with van der Waals surface area (Å²) in [5.74, 6) is -1.91. The SMILES string of the molecule is O=C(OC(C(=O)Nc1ccc(F)cc1)c1ccccc1)C1=COCCO1. The Morgan fingerprint density at radius 2 is 1.77 bits per heavy atom. The molecule has 1 N–H and O–H groups in total. The Kier molecular flexibility index (Phi) is 5.48. The maximum absolute atomic E-state index is 13.0. The minimum absolute atomic E-state index is 0.105. The quantitative estimate of drug-likeness (QED) is 0.833. The van der Waals surface area contributed by atoms with E-state index in [-0.39, 0.29) is 12.4 Å². The molecule has 0 spiro atoms. The molecule has 3 rings (SSSR count). The van der Waals surface area contributed by atoms with Crippen molar-refractivity contribution in [1.29, 1.82) is 0 Å². The van der Waals surface area contributed by atoms with E-state index in [2.05, 4.69) is 5.32 Å². The zero-order valence-electron chi connectivity index (χ0n) is 13.7. The molecule has 0 fully saturated rings. The average Bonchev–Trinajstić information content (AvgIpc) is 2.69. The van der Waals surface area contributed by atoms with Gasteiger partial charge in [0.25, 0.3) is 5.91 Å². The van der Waals surface area contributed by atoms with Crippen LogP contribution in [0.25, 0.3) is 0 Å². The van der Waals surface area contributed by atoms with Crippen molar-refractivity contribution in [3.05, 3.63) is 78.0 Å². The number of carbonyl (C=O) groups is 2. The van der Waals surface area contributed by atoms with E-state index < -0.39 is 23.8 Å². The highest BCUT2D eigenvalue weighted by Gasteiger charge is 2.28. The maximum atomic E-state index is 13.0. The van der Waals surface area contributed by atoms with Gasteiger partial charge in [0.2, 0.25) is 11.9 Å². The number of halogens is 1. The normalized spacial score (nSPS) is 14.3. The molecule has 0 saturated carbocycles. The van der Waals surface area contributed by atoms with Gasteiger partial charge in [0, 0.05) is 11.3 Å². The third-order valence-electron chi connectivity index (χ3n) is 3.53. The first-order valence-corrected chi connectivity index (χ1v) is 7.90. The van der Waals surface area contributed by atoms with Crippen molar-refractivity contribution in [2.24, 2.45) is 0 Å². The van der Waals surface area contributed by atoms with E-state index >= 15 is 0 Å². The van der Waals surface area contributed by atoms with Gasteiger partial charge in [0.15, 0.2) is 0 Å². The molecule has 0 aliphatic carbocycles. The molecule has 1 amide bonds. The predicted octanol–water partition coefficient (Wildman–Crippen LogP) is 2.94. The number of benzene rings is 2. The Hall–Kier alpha value is -3.35. The second kappa shape index (κ2) is 8.15. The molecule has 0 saturated heterocycles. The van der Waals surface area contributed by atoms with Crippen LogP contribution in [0.5, 0.6) is 0 Å². The topological polar surface area (TPSA) is 73.9 Å².